The van der Waals surface area contributed by atoms with Gasteiger partial charge in [0, 0.05) is 38.8 Å². The fourth-order valence-electron chi connectivity index (χ4n) is 4.04. The Kier molecular flexibility index (Phi) is 9.48. The molecule has 5 heteroatoms. The second kappa shape index (κ2) is 11.6. The molecule has 0 bridgehead atoms. The first-order chi connectivity index (χ1) is 12.7. The van der Waals surface area contributed by atoms with Gasteiger partial charge >= 0.3 is 0 Å². The number of likely N-dealkylation sites (tertiary alicyclic amines) is 1. The molecule has 0 unspecified atom stereocenters. The Bertz CT molecular complexity index is 424. The molecular formula is C21H40N4O. The number of piperidine rings is 1. The molecule has 1 saturated heterocycles. The lowest BCUT2D eigenvalue weighted by Crippen LogP contribution is -2.49. The molecule has 0 atom stereocenters. The van der Waals surface area contributed by atoms with Crippen LogP contribution in [-0.4, -0.2) is 61.8 Å². The van der Waals surface area contributed by atoms with Crippen molar-refractivity contribution in [3.05, 3.63) is 12.7 Å². The van der Waals surface area contributed by atoms with E-state index in [1.807, 2.05) is 6.08 Å². The van der Waals surface area contributed by atoms with Crippen LogP contribution in [0.4, 0.5) is 0 Å². The molecule has 2 fully saturated rings. The molecule has 1 aliphatic carbocycles. The number of nitrogens with zero attached hydrogens (tertiary/aromatic N) is 2. The Morgan fingerprint density at radius 2 is 1.96 bits per heavy atom. The van der Waals surface area contributed by atoms with E-state index in [9.17, 15) is 0 Å². The lowest BCUT2D eigenvalue weighted by molar-refractivity contribution is -0.0624. The first-order valence-corrected chi connectivity index (χ1v) is 10.7. The van der Waals surface area contributed by atoms with E-state index in [4.69, 9.17) is 9.73 Å². The van der Waals surface area contributed by atoms with Crippen molar-refractivity contribution in [3.8, 4) is 0 Å². The maximum Gasteiger partial charge on any atom is 0.191 e. The zero-order chi connectivity index (χ0) is 18.7. The van der Waals surface area contributed by atoms with Crippen LogP contribution in [0.2, 0.25) is 0 Å². The van der Waals surface area contributed by atoms with Gasteiger partial charge in [-0.15, -0.1) is 6.58 Å². The highest BCUT2D eigenvalue weighted by Gasteiger charge is 2.33. The van der Waals surface area contributed by atoms with Gasteiger partial charge in [-0.1, -0.05) is 32.3 Å². The third-order valence-electron chi connectivity index (χ3n) is 5.56. The molecule has 1 saturated carbocycles. The normalized spacial score (nSPS) is 22.2. The van der Waals surface area contributed by atoms with Crippen molar-refractivity contribution in [2.75, 3.05) is 39.3 Å². The van der Waals surface area contributed by atoms with Gasteiger partial charge in [-0.3, -0.25) is 9.89 Å². The first kappa shape index (κ1) is 21.2. The Morgan fingerprint density at radius 1 is 1.23 bits per heavy atom. The predicted molar refractivity (Wildman–Crippen MR) is 111 cm³/mol. The van der Waals surface area contributed by atoms with Crippen LogP contribution in [0.5, 0.6) is 0 Å². The molecule has 0 aromatic carbocycles. The quantitative estimate of drug-likeness (QED) is 0.374. The van der Waals surface area contributed by atoms with Crippen molar-refractivity contribution in [3.63, 3.8) is 0 Å². The number of hydrogen-bond acceptors (Lipinski definition) is 3. The van der Waals surface area contributed by atoms with Crippen LogP contribution < -0.4 is 10.6 Å². The van der Waals surface area contributed by atoms with Gasteiger partial charge in [0.05, 0.1) is 12.1 Å². The second-order valence-electron chi connectivity index (χ2n) is 7.80. The van der Waals surface area contributed by atoms with Crippen LogP contribution in [0.25, 0.3) is 0 Å². The molecule has 150 valence electrons. The van der Waals surface area contributed by atoms with E-state index in [1.54, 1.807) is 0 Å². The summed E-state index contributed by atoms with van der Waals surface area (Å²) in [4.78, 5) is 7.41. The van der Waals surface area contributed by atoms with Crippen LogP contribution in [0.1, 0.15) is 65.2 Å². The van der Waals surface area contributed by atoms with Crippen LogP contribution in [0.15, 0.2) is 17.6 Å². The lowest BCUT2D eigenvalue weighted by Gasteiger charge is -2.36. The van der Waals surface area contributed by atoms with Crippen molar-refractivity contribution in [1.29, 1.82) is 0 Å². The maximum atomic E-state index is 6.30. The summed E-state index contributed by atoms with van der Waals surface area (Å²) in [6.07, 6.45) is 11.6. The van der Waals surface area contributed by atoms with E-state index in [1.165, 1.54) is 19.3 Å². The monoisotopic (exact) mass is 364 g/mol. The highest BCUT2D eigenvalue weighted by molar-refractivity contribution is 5.80. The van der Waals surface area contributed by atoms with Crippen molar-refractivity contribution in [2.45, 2.75) is 76.9 Å². The lowest BCUT2D eigenvalue weighted by atomic mass is 9.84. The van der Waals surface area contributed by atoms with E-state index in [0.717, 1.165) is 77.4 Å². The number of nitrogens with one attached hydrogen (secondary N) is 2. The molecule has 2 aliphatic rings. The summed E-state index contributed by atoms with van der Waals surface area (Å²) in [5.74, 6) is 0.958. The average molecular weight is 365 g/mol. The molecule has 0 amide bonds. The molecule has 5 nitrogen and oxygen atoms in total. The minimum Gasteiger partial charge on any atom is -0.373 e. The van der Waals surface area contributed by atoms with E-state index in [2.05, 4.69) is 36.0 Å². The SMILES string of the molecule is C=CCN1CCC(NC(=NCC2(OCCC)CCCCC2)NCC)CC1. The zero-order valence-electron chi connectivity index (χ0n) is 17.1. The van der Waals surface area contributed by atoms with Crippen molar-refractivity contribution >= 4 is 5.96 Å². The smallest absolute Gasteiger partial charge is 0.191 e. The zero-order valence-corrected chi connectivity index (χ0v) is 17.1. The van der Waals surface area contributed by atoms with Gasteiger partial charge in [0.2, 0.25) is 0 Å². The first-order valence-electron chi connectivity index (χ1n) is 10.7. The van der Waals surface area contributed by atoms with Gasteiger partial charge in [0.15, 0.2) is 5.96 Å². The van der Waals surface area contributed by atoms with E-state index in [0.29, 0.717) is 6.04 Å². The molecule has 1 heterocycles. The molecule has 0 aromatic heterocycles. The molecular weight excluding hydrogens is 324 g/mol. The summed E-state index contributed by atoms with van der Waals surface area (Å²) in [5.41, 5.74) is -0.0378. The molecule has 0 aromatic rings. The summed E-state index contributed by atoms with van der Waals surface area (Å²) < 4.78 is 6.30. The second-order valence-corrected chi connectivity index (χ2v) is 7.80. The van der Waals surface area contributed by atoms with Gasteiger partial charge in [0.1, 0.15) is 0 Å². The number of rotatable bonds is 9. The van der Waals surface area contributed by atoms with E-state index >= 15 is 0 Å². The predicted octanol–water partition coefficient (Wildman–Crippen LogP) is 3.32. The van der Waals surface area contributed by atoms with E-state index < -0.39 is 0 Å². The number of aliphatic imine (C=N–C) groups is 1. The van der Waals surface area contributed by atoms with Crippen molar-refractivity contribution in [1.82, 2.24) is 15.5 Å². The van der Waals surface area contributed by atoms with Crippen LogP contribution in [-0.2, 0) is 4.74 Å². The molecule has 2 rings (SSSR count). The number of ether oxygens (including phenoxy) is 1. The van der Waals surface area contributed by atoms with Crippen LogP contribution >= 0.6 is 0 Å². The summed E-state index contributed by atoms with van der Waals surface area (Å²) in [5, 5.41) is 7.10. The van der Waals surface area contributed by atoms with Gasteiger partial charge < -0.3 is 15.4 Å². The summed E-state index contributed by atoms with van der Waals surface area (Å²) in [6.45, 7) is 13.9. The largest absolute Gasteiger partial charge is 0.373 e. The van der Waals surface area contributed by atoms with Gasteiger partial charge in [0.25, 0.3) is 0 Å². The summed E-state index contributed by atoms with van der Waals surface area (Å²) in [7, 11) is 0. The average Bonchev–Trinajstić information content (AvgIpc) is 2.67. The van der Waals surface area contributed by atoms with Gasteiger partial charge in [-0.05, 0) is 39.0 Å². The summed E-state index contributed by atoms with van der Waals surface area (Å²) >= 11 is 0. The highest BCUT2D eigenvalue weighted by Crippen LogP contribution is 2.32. The molecule has 0 radical (unpaired) electrons. The van der Waals surface area contributed by atoms with Gasteiger partial charge in [-0.2, -0.15) is 0 Å². The molecule has 2 N–H and O–H groups in total. The Morgan fingerprint density at radius 3 is 2.58 bits per heavy atom. The van der Waals surface area contributed by atoms with E-state index in [-0.39, 0.29) is 5.60 Å². The Balaban J connectivity index is 1.91. The topological polar surface area (TPSA) is 48.9 Å². The summed E-state index contributed by atoms with van der Waals surface area (Å²) in [6, 6.07) is 0.507. The minimum atomic E-state index is -0.0378. The molecule has 1 aliphatic heterocycles. The standard InChI is InChI=1S/C21H40N4O/c1-4-14-25-15-10-19(11-16-25)24-20(22-6-3)23-18-21(26-17-5-2)12-8-7-9-13-21/h4,19H,1,5-18H2,2-3H3,(H2,22,23,24). The highest BCUT2D eigenvalue weighted by atomic mass is 16.5. The third kappa shape index (κ3) is 6.92. The van der Waals surface area contributed by atoms with Crippen LogP contribution in [0.3, 0.4) is 0 Å². The number of hydrogen-bond donors (Lipinski definition) is 2. The Hall–Kier alpha value is -1.07. The molecule has 0 spiro atoms. The number of guanidine groups is 1. The Labute approximate surface area is 160 Å². The van der Waals surface area contributed by atoms with Crippen LogP contribution in [0, 0.1) is 0 Å². The maximum absolute atomic E-state index is 6.30. The fraction of sp³-hybridized carbons (Fsp3) is 0.857. The fourth-order valence-corrected chi connectivity index (χ4v) is 4.04. The molecule has 26 heavy (non-hydrogen) atoms. The van der Waals surface area contributed by atoms with Crippen molar-refractivity contribution < 1.29 is 4.74 Å². The third-order valence-corrected chi connectivity index (χ3v) is 5.56. The van der Waals surface area contributed by atoms with Crippen molar-refractivity contribution in [2.24, 2.45) is 4.99 Å². The van der Waals surface area contributed by atoms with Gasteiger partial charge in [-0.25, -0.2) is 0 Å². The minimum absolute atomic E-state index is 0.0378.